The molecule has 0 spiro atoms. The van der Waals surface area contributed by atoms with Crippen molar-refractivity contribution < 1.29 is 19.1 Å². The number of ether oxygens (including phenoxy) is 2. The zero-order valence-electron chi connectivity index (χ0n) is 18.3. The van der Waals surface area contributed by atoms with Gasteiger partial charge >= 0.3 is 0 Å². The fraction of sp³-hybridized carbons (Fsp3) is 0.130. The molecule has 0 fully saturated rings. The molecule has 2 aromatic heterocycles. The van der Waals surface area contributed by atoms with Gasteiger partial charge < -0.3 is 20.1 Å². The van der Waals surface area contributed by atoms with E-state index >= 15 is 0 Å². The molecular formula is C23H19ClN4O5S. The van der Waals surface area contributed by atoms with Gasteiger partial charge in [0.2, 0.25) is 0 Å². The summed E-state index contributed by atoms with van der Waals surface area (Å²) in [7, 11) is 2.95. The second kappa shape index (κ2) is 9.54. The first-order chi connectivity index (χ1) is 16.3. The molecule has 0 saturated carbocycles. The predicted molar refractivity (Wildman–Crippen MR) is 131 cm³/mol. The number of carbonyl (C=O) groups is 2. The molecule has 4 aromatic rings. The maximum atomic E-state index is 13.4. The van der Waals surface area contributed by atoms with Gasteiger partial charge in [-0.15, -0.1) is 0 Å². The number of rotatable bonds is 6. The third-order valence-electron chi connectivity index (χ3n) is 4.83. The van der Waals surface area contributed by atoms with Gasteiger partial charge in [-0.3, -0.25) is 14.4 Å². The quantitative estimate of drug-likeness (QED) is 0.411. The number of methoxy groups -OCH3 is 2. The molecular weight excluding hydrogens is 480 g/mol. The zero-order chi connectivity index (χ0) is 24.4. The van der Waals surface area contributed by atoms with Crippen LogP contribution in [0, 0.1) is 6.92 Å². The number of aryl methyl sites for hydroxylation is 1. The lowest BCUT2D eigenvalue weighted by Crippen LogP contribution is -2.25. The van der Waals surface area contributed by atoms with Crippen LogP contribution in [0.15, 0.2) is 53.3 Å². The number of amides is 2. The van der Waals surface area contributed by atoms with Gasteiger partial charge in [0.15, 0.2) is 4.96 Å². The molecule has 2 heterocycles. The number of hydrogen-bond donors (Lipinski definition) is 2. The molecule has 0 aliphatic rings. The number of nitrogens with one attached hydrogen (secondary N) is 2. The van der Waals surface area contributed by atoms with Gasteiger partial charge in [0, 0.05) is 28.5 Å². The van der Waals surface area contributed by atoms with Crippen molar-refractivity contribution in [1.82, 2.24) is 9.38 Å². The number of aromatic nitrogens is 2. The topological polar surface area (TPSA) is 111 Å². The molecule has 2 amide bonds. The highest BCUT2D eigenvalue weighted by Gasteiger charge is 2.27. The summed E-state index contributed by atoms with van der Waals surface area (Å²) in [6.45, 7) is 1.66. The van der Waals surface area contributed by atoms with Gasteiger partial charge in [0.1, 0.15) is 22.1 Å². The number of nitrogens with zero attached hydrogens (tertiary/aromatic N) is 2. The van der Waals surface area contributed by atoms with Crippen LogP contribution in [0.5, 0.6) is 11.5 Å². The summed E-state index contributed by atoms with van der Waals surface area (Å²) in [5.41, 5.74) is 0.630. The van der Waals surface area contributed by atoms with Crippen molar-refractivity contribution in [2.24, 2.45) is 0 Å². The molecule has 0 radical (unpaired) electrons. The Labute approximate surface area is 202 Å². The van der Waals surface area contributed by atoms with Crippen molar-refractivity contribution in [2.45, 2.75) is 6.92 Å². The smallest absolute Gasteiger partial charge is 0.274 e. The molecule has 4 rings (SSSR count). The van der Waals surface area contributed by atoms with Gasteiger partial charge in [-0.1, -0.05) is 22.9 Å². The van der Waals surface area contributed by atoms with E-state index in [1.807, 2.05) is 0 Å². The van der Waals surface area contributed by atoms with Crippen molar-refractivity contribution in [3.63, 3.8) is 0 Å². The summed E-state index contributed by atoms with van der Waals surface area (Å²) < 4.78 is 11.7. The number of hydrogen-bond acceptors (Lipinski definition) is 7. The lowest BCUT2D eigenvalue weighted by Gasteiger charge is -2.12. The number of benzene rings is 2. The second-order valence-corrected chi connectivity index (χ2v) is 8.53. The molecule has 34 heavy (non-hydrogen) atoms. The average molecular weight is 499 g/mol. The number of carbonyl (C=O) groups excluding carboxylic acids is 2. The third-order valence-corrected chi connectivity index (χ3v) is 6.12. The number of anilines is 2. The molecule has 0 unspecified atom stereocenters. The highest BCUT2D eigenvalue weighted by Crippen LogP contribution is 2.30. The van der Waals surface area contributed by atoms with E-state index in [-0.39, 0.29) is 15.5 Å². The maximum Gasteiger partial charge on any atom is 0.274 e. The zero-order valence-corrected chi connectivity index (χ0v) is 19.9. The summed E-state index contributed by atoms with van der Waals surface area (Å²) in [4.78, 5) is 43.9. The van der Waals surface area contributed by atoms with Crippen LogP contribution in [-0.2, 0) is 0 Å². The van der Waals surface area contributed by atoms with E-state index < -0.39 is 17.4 Å². The molecule has 2 N–H and O–H groups in total. The summed E-state index contributed by atoms with van der Waals surface area (Å²) in [5, 5.41) is 5.95. The van der Waals surface area contributed by atoms with E-state index in [0.29, 0.717) is 33.6 Å². The summed E-state index contributed by atoms with van der Waals surface area (Å²) in [6.07, 6.45) is 0. The first-order valence-electron chi connectivity index (χ1n) is 9.94. The van der Waals surface area contributed by atoms with Crippen LogP contribution >= 0.6 is 22.9 Å². The van der Waals surface area contributed by atoms with E-state index in [1.165, 1.54) is 20.3 Å². The summed E-state index contributed by atoms with van der Waals surface area (Å²) in [5.74, 6) is -0.395. The Kier molecular flexibility index (Phi) is 6.53. The number of fused-ring (bicyclic) bond motifs is 1. The molecule has 0 aliphatic carbocycles. The largest absolute Gasteiger partial charge is 0.497 e. The van der Waals surface area contributed by atoms with E-state index in [0.717, 1.165) is 15.7 Å². The first-order valence-corrected chi connectivity index (χ1v) is 11.1. The van der Waals surface area contributed by atoms with Crippen LogP contribution < -0.4 is 25.7 Å². The Morgan fingerprint density at radius 1 is 1.00 bits per heavy atom. The maximum absolute atomic E-state index is 13.4. The first kappa shape index (κ1) is 23.3. The normalized spacial score (nSPS) is 10.7. The van der Waals surface area contributed by atoms with Gasteiger partial charge in [0.05, 0.1) is 19.9 Å². The second-order valence-electron chi connectivity index (χ2n) is 7.11. The van der Waals surface area contributed by atoms with Crippen LogP contribution in [0.2, 0.25) is 5.02 Å². The lowest BCUT2D eigenvalue weighted by atomic mass is 10.2. The highest BCUT2D eigenvalue weighted by atomic mass is 35.5. The predicted octanol–water partition coefficient (Wildman–Crippen LogP) is 4.24. The SMILES string of the molecule is COc1ccc(OC)c(NC(=O)c2c(C(=O)Nc3ccc(Cl)cc3)sc3nc(C)cc(=O)n23)c1. The molecule has 0 bridgehead atoms. The third kappa shape index (κ3) is 4.59. The van der Waals surface area contributed by atoms with Crippen LogP contribution in [-0.4, -0.2) is 35.4 Å². The standard InChI is InChI=1S/C23H19ClN4O5S/c1-12-10-18(29)28-19(21(30)27-16-11-15(32-2)8-9-17(16)33-3)20(34-23(28)25-12)22(31)26-14-6-4-13(24)5-7-14/h4-11H,1-3H3,(H,26,31)(H,27,30). The van der Waals surface area contributed by atoms with Gasteiger partial charge in [-0.25, -0.2) is 9.38 Å². The summed E-state index contributed by atoms with van der Waals surface area (Å²) in [6, 6.07) is 12.7. The minimum atomic E-state index is -0.688. The van der Waals surface area contributed by atoms with E-state index in [4.69, 9.17) is 21.1 Å². The van der Waals surface area contributed by atoms with E-state index in [1.54, 1.807) is 49.4 Å². The monoisotopic (exact) mass is 498 g/mol. The van der Waals surface area contributed by atoms with Crippen molar-refractivity contribution in [1.29, 1.82) is 0 Å². The Hall–Kier alpha value is -3.89. The van der Waals surface area contributed by atoms with Crippen molar-refractivity contribution >= 4 is 51.1 Å². The van der Waals surface area contributed by atoms with Gasteiger partial charge in [-0.05, 0) is 43.3 Å². The van der Waals surface area contributed by atoms with Crippen molar-refractivity contribution in [3.8, 4) is 11.5 Å². The molecule has 11 heteroatoms. The van der Waals surface area contributed by atoms with Crippen LogP contribution in [0.1, 0.15) is 25.9 Å². The van der Waals surface area contributed by atoms with Gasteiger partial charge in [0.25, 0.3) is 17.4 Å². The molecule has 2 aromatic carbocycles. The number of thiazole rings is 1. The van der Waals surface area contributed by atoms with Crippen LogP contribution in [0.4, 0.5) is 11.4 Å². The van der Waals surface area contributed by atoms with E-state index in [2.05, 4.69) is 15.6 Å². The lowest BCUT2D eigenvalue weighted by molar-refractivity contribution is 0.0989. The fourth-order valence-electron chi connectivity index (χ4n) is 3.26. The summed E-state index contributed by atoms with van der Waals surface area (Å²) >= 11 is 6.85. The Morgan fingerprint density at radius 2 is 1.74 bits per heavy atom. The number of halogens is 1. The molecule has 9 nitrogen and oxygen atoms in total. The van der Waals surface area contributed by atoms with Crippen LogP contribution in [0.25, 0.3) is 4.96 Å². The van der Waals surface area contributed by atoms with Gasteiger partial charge in [-0.2, -0.15) is 0 Å². The minimum absolute atomic E-state index is 0.0181. The average Bonchev–Trinajstić information content (AvgIpc) is 3.20. The Morgan fingerprint density at radius 3 is 2.41 bits per heavy atom. The Bertz CT molecular complexity index is 1460. The minimum Gasteiger partial charge on any atom is -0.497 e. The molecule has 0 saturated heterocycles. The molecule has 0 aliphatic heterocycles. The van der Waals surface area contributed by atoms with E-state index in [9.17, 15) is 14.4 Å². The fourth-order valence-corrected chi connectivity index (χ4v) is 4.45. The Balaban J connectivity index is 1.80. The molecule has 174 valence electrons. The van der Waals surface area contributed by atoms with Crippen molar-refractivity contribution in [3.05, 3.63) is 80.2 Å². The highest BCUT2D eigenvalue weighted by molar-refractivity contribution is 7.19. The van der Waals surface area contributed by atoms with Crippen molar-refractivity contribution in [2.75, 3.05) is 24.9 Å². The molecule has 0 atom stereocenters. The van der Waals surface area contributed by atoms with Crippen LogP contribution in [0.3, 0.4) is 0 Å².